The van der Waals surface area contributed by atoms with Gasteiger partial charge in [0.25, 0.3) is 5.91 Å². The van der Waals surface area contributed by atoms with Crippen molar-refractivity contribution in [3.63, 3.8) is 0 Å². The summed E-state index contributed by atoms with van der Waals surface area (Å²) in [6.45, 7) is 1.21. The van der Waals surface area contributed by atoms with E-state index in [0.29, 0.717) is 24.5 Å². The average molecular weight is 192 g/mol. The molecule has 0 radical (unpaired) electrons. The number of hydrogen-bond donors (Lipinski definition) is 2. The number of nitrogen functional groups attached to an aromatic ring is 1. The van der Waals surface area contributed by atoms with E-state index in [2.05, 4.69) is 5.32 Å². The summed E-state index contributed by atoms with van der Waals surface area (Å²) in [5.74, 6) is -0.0920. The molecule has 1 fully saturated rings. The predicted molar refractivity (Wildman–Crippen MR) is 52.9 cm³/mol. The third-order valence-corrected chi connectivity index (χ3v) is 2.12. The van der Waals surface area contributed by atoms with Crippen LogP contribution in [-0.2, 0) is 4.74 Å². The summed E-state index contributed by atoms with van der Waals surface area (Å²) >= 11 is 0. The van der Waals surface area contributed by atoms with Crippen molar-refractivity contribution in [3.05, 3.63) is 29.8 Å². The minimum absolute atomic E-state index is 0.0920. The summed E-state index contributed by atoms with van der Waals surface area (Å²) in [6.07, 6.45) is 0. The molecule has 1 amide bonds. The SMILES string of the molecule is Nc1cccc(C(=O)NC2COC2)c1. The molecule has 0 unspecified atom stereocenters. The quantitative estimate of drug-likeness (QED) is 0.666. The zero-order chi connectivity index (χ0) is 9.97. The molecule has 0 bridgehead atoms. The number of rotatable bonds is 2. The lowest BCUT2D eigenvalue weighted by Gasteiger charge is -2.26. The maximum absolute atomic E-state index is 11.6. The molecule has 1 aliphatic rings. The fourth-order valence-corrected chi connectivity index (χ4v) is 1.27. The van der Waals surface area contributed by atoms with Crippen LogP contribution in [-0.4, -0.2) is 25.2 Å². The molecule has 14 heavy (non-hydrogen) atoms. The van der Waals surface area contributed by atoms with Crippen molar-refractivity contribution >= 4 is 11.6 Å². The molecule has 1 aromatic rings. The fraction of sp³-hybridized carbons (Fsp3) is 0.300. The van der Waals surface area contributed by atoms with E-state index < -0.39 is 0 Å². The minimum Gasteiger partial charge on any atom is -0.399 e. The number of nitrogens with two attached hydrogens (primary N) is 1. The van der Waals surface area contributed by atoms with Crippen LogP contribution in [0.2, 0.25) is 0 Å². The first-order valence-corrected chi connectivity index (χ1v) is 4.50. The monoisotopic (exact) mass is 192 g/mol. The number of hydrogen-bond acceptors (Lipinski definition) is 3. The molecule has 4 heteroatoms. The number of nitrogens with one attached hydrogen (secondary N) is 1. The number of carbonyl (C=O) groups excluding carboxylic acids is 1. The molecule has 0 aliphatic carbocycles. The van der Waals surface area contributed by atoms with Crippen molar-refractivity contribution in [3.8, 4) is 0 Å². The van der Waals surface area contributed by atoms with Crippen LogP contribution in [0.15, 0.2) is 24.3 Å². The Balaban J connectivity index is 2.02. The van der Waals surface area contributed by atoms with E-state index in [4.69, 9.17) is 10.5 Å². The number of benzene rings is 1. The normalized spacial score (nSPS) is 16.0. The molecule has 1 aliphatic heterocycles. The number of carbonyl (C=O) groups is 1. The van der Waals surface area contributed by atoms with Crippen LogP contribution in [0.25, 0.3) is 0 Å². The molecule has 0 atom stereocenters. The first-order valence-electron chi connectivity index (χ1n) is 4.50. The van der Waals surface area contributed by atoms with Crippen LogP contribution in [0.4, 0.5) is 5.69 Å². The van der Waals surface area contributed by atoms with Crippen molar-refractivity contribution in [2.75, 3.05) is 18.9 Å². The van der Waals surface area contributed by atoms with Crippen LogP contribution in [0.5, 0.6) is 0 Å². The van der Waals surface area contributed by atoms with E-state index in [9.17, 15) is 4.79 Å². The van der Waals surface area contributed by atoms with Gasteiger partial charge in [0.1, 0.15) is 0 Å². The smallest absolute Gasteiger partial charge is 0.251 e. The fourth-order valence-electron chi connectivity index (χ4n) is 1.27. The zero-order valence-corrected chi connectivity index (χ0v) is 7.69. The Morgan fingerprint density at radius 2 is 2.29 bits per heavy atom. The summed E-state index contributed by atoms with van der Waals surface area (Å²) in [4.78, 5) is 11.6. The molecule has 3 N–H and O–H groups in total. The molecule has 0 spiro atoms. The number of amides is 1. The molecule has 0 saturated carbocycles. The minimum atomic E-state index is -0.0920. The van der Waals surface area contributed by atoms with Crippen LogP contribution < -0.4 is 11.1 Å². The lowest BCUT2D eigenvalue weighted by atomic mass is 10.1. The molecule has 0 aromatic heterocycles. The lowest BCUT2D eigenvalue weighted by Crippen LogP contribution is -2.48. The van der Waals surface area contributed by atoms with Gasteiger partial charge in [-0.2, -0.15) is 0 Å². The largest absolute Gasteiger partial charge is 0.399 e. The average Bonchev–Trinajstić information content (AvgIpc) is 2.11. The van der Waals surface area contributed by atoms with Crippen molar-refractivity contribution in [2.45, 2.75) is 6.04 Å². The Bertz CT molecular complexity index is 348. The highest BCUT2D eigenvalue weighted by Crippen LogP contribution is 2.08. The van der Waals surface area contributed by atoms with Crippen LogP contribution >= 0.6 is 0 Å². The Labute approximate surface area is 82.1 Å². The van der Waals surface area contributed by atoms with Crippen LogP contribution in [0, 0.1) is 0 Å². The summed E-state index contributed by atoms with van der Waals surface area (Å²) in [5, 5.41) is 2.84. The Morgan fingerprint density at radius 3 is 2.86 bits per heavy atom. The second kappa shape index (κ2) is 3.67. The van der Waals surface area contributed by atoms with Gasteiger partial charge < -0.3 is 15.8 Å². The first-order chi connectivity index (χ1) is 6.75. The van der Waals surface area contributed by atoms with Gasteiger partial charge in [-0.3, -0.25) is 4.79 Å². The molecule has 2 rings (SSSR count). The second-order valence-electron chi connectivity index (χ2n) is 3.33. The summed E-state index contributed by atoms with van der Waals surface area (Å²) in [6, 6.07) is 7.08. The van der Waals surface area contributed by atoms with Crippen molar-refractivity contribution in [1.29, 1.82) is 0 Å². The van der Waals surface area contributed by atoms with E-state index in [-0.39, 0.29) is 11.9 Å². The topological polar surface area (TPSA) is 64.4 Å². The lowest BCUT2D eigenvalue weighted by molar-refractivity contribution is -0.00346. The van der Waals surface area contributed by atoms with Gasteiger partial charge in [0, 0.05) is 11.3 Å². The Hall–Kier alpha value is -1.55. The van der Waals surface area contributed by atoms with Gasteiger partial charge in [0.2, 0.25) is 0 Å². The summed E-state index contributed by atoms with van der Waals surface area (Å²) < 4.78 is 4.96. The standard InChI is InChI=1S/C10H12N2O2/c11-8-3-1-2-7(4-8)10(13)12-9-5-14-6-9/h1-4,9H,5-6,11H2,(H,12,13). The van der Waals surface area contributed by atoms with Crippen LogP contribution in [0.1, 0.15) is 10.4 Å². The summed E-state index contributed by atoms with van der Waals surface area (Å²) in [5.41, 5.74) is 6.76. The second-order valence-corrected chi connectivity index (χ2v) is 3.33. The van der Waals surface area contributed by atoms with E-state index in [0.717, 1.165) is 0 Å². The zero-order valence-electron chi connectivity index (χ0n) is 7.69. The van der Waals surface area contributed by atoms with E-state index in [1.807, 2.05) is 0 Å². The molecule has 1 heterocycles. The molecule has 4 nitrogen and oxygen atoms in total. The highest BCUT2D eigenvalue weighted by Gasteiger charge is 2.20. The molecular formula is C10H12N2O2. The highest BCUT2D eigenvalue weighted by atomic mass is 16.5. The molecule has 74 valence electrons. The van der Waals surface area contributed by atoms with Gasteiger partial charge in [-0.15, -0.1) is 0 Å². The molecule has 1 saturated heterocycles. The van der Waals surface area contributed by atoms with Crippen LogP contribution in [0.3, 0.4) is 0 Å². The third kappa shape index (κ3) is 1.85. The number of ether oxygens (including phenoxy) is 1. The molecule has 1 aromatic carbocycles. The van der Waals surface area contributed by atoms with E-state index >= 15 is 0 Å². The Morgan fingerprint density at radius 1 is 1.50 bits per heavy atom. The van der Waals surface area contributed by atoms with E-state index in [1.165, 1.54) is 0 Å². The van der Waals surface area contributed by atoms with Gasteiger partial charge in [-0.1, -0.05) is 6.07 Å². The van der Waals surface area contributed by atoms with Gasteiger partial charge >= 0.3 is 0 Å². The maximum atomic E-state index is 11.6. The third-order valence-electron chi connectivity index (χ3n) is 2.12. The van der Waals surface area contributed by atoms with Gasteiger partial charge in [-0.05, 0) is 18.2 Å². The predicted octanol–water partition coefficient (Wildman–Crippen LogP) is 0.397. The number of anilines is 1. The van der Waals surface area contributed by atoms with Crippen molar-refractivity contribution < 1.29 is 9.53 Å². The van der Waals surface area contributed by atoms with Gasteiger partial charge in [0.05, 0.1) is 19.3 Å². The molecular weight excluding hydrogens is 180 g/mol. The van der Waals surface area contributed by atoms with Crippen molar-refractivity contribution in [2.24, 2.45) is 0 Å². The Kier molecular flexibility index (Phi) is 2.37. The van der Waals surface area contributed by atoms with E-state index in [1.54, 1.807) is 24.3 Å². The first kappa shape index (κ1) is 9.02. The van der Waals surface area contributed by atoms with Crippen molar-refractivity contribution in [1.82, 2.24) is 5.32 Å². The highest BCUT2D eigenvalue weighted by molar-refractivity contribution is 5.95. The summed E-state index contributed by atoms with van der Waals surface area (Å²) in [7, 11) is 0. The maximum Gasteiger partial charge on any atom is 0.251 e. The van der Waals surface area contributed by atoms with Gasteiger partial charge in [-0.25, -0.2) is 0 Å². The van der Waals surface area contributed by atoms with Gasteiger partial charge in [0.15, 0.2) is 0 Å².